The number of allylic oxidation sites excluding steroid dienone is 1. The van der Waals surface area contributed by atoms with Crippen molar-refractivity contribution in [2.75, 3.05) is 6.61 Å². The Kier molecular flexibility index (Phi) is 7.04. The van der Waals surface area contributed by atoms with Gasteiger partial charge in [0.05, 0.1) is 6.61 Å². The number of nitrogens with zero attached hydrogens (tertiary/aromatic N) is 1. The summed E-state index contributed by atoms with van der Waals surface area (Å²) >= 11 is 0. The van der Waals surface area contributed by atoms with E-state index in [2.05, 4.69) is 38.8 Å². The van der Waals surface area contributed by atoms with E-state index in [0.717, 1.165) is 10.6 Å². The van der Waals surface area contributed by atoms with E-state index in [1.807, 2.05) is 0 Å². The first kappa shape index (κ1) is 23.3. The molecule has 4 atom stereocenters. The first-order valence-corrected chi connectivity index (χ1v) is 12.4. The van der Waals surface area contributed by atoms with Crippen molar-refractivity contribution in [3.63, 3.8) is 0 Å². The van der Waals surface area contributed by atoms with Crippen LogP contribution < -0.4 is 11.2 Å². The van der Waals surface area contributed by atoms with Gasteiger partial charge in [0.15, 0.2) is 20.6 Å². The molecule has 0 radical (unpaired) electrons. The molecule has 1 aromatic heterocycles. The van der Waals surface area contributed by atoms with Crippen LogP contribution in [0, 0.1) is 0 Å². The molecule has 1 aliphatic rings. The van der Waals surface area contributed by atoms with Gasteiger partial charge in [-0.3, -0.25) is 14.3 Å². The summed E-state index contributed by atoms with van der Waals surface area (Å²) in [6.45, 7) is 12.2. The van der Waals surface area contributed by atoms with Crippen molar-refractivity contribution >= 4 is 14.3 Å². The van der Waals surface area contributed by atoms with Crippen molar-refractivity contribution in [1.29, 1.82) is 0 Å². The third kappa shape index (κ3) is 5.33. The number of nitrogens with one attached hydrogen (secondary N) is 1. The average molecular weight is 427 g/mol. The summed E-state index contributed by atoms with van der Waals surface area (Å²) in [4.78, 5) is 37.6. The van der Waals surface area contributed by atoms with E-state index in [1.165, 1.54) is 18.3 Å². The number of aliphatic hydroxyl groups excluding tert-OH is 1. The standard InChI is InChI=1S/C19H30N2O7Si/c1-7-8-14(23)28-16-12(11-26-29(5,6)19(2,3)4)27-17(15(16)24)21-10-9-13(22)20-18(21)25/h7-10,12,15-17,24H,11H2,1-6H3,(H,20,22,25)/b8-7+/t12-,15-,16-,17-/m1/s1. The van der Waals surface area contributed by atoms with E-state index >= 15 is 0 Å². The highest BCUT2D eigenvalue weighted by Gasteiger charge is 2.48. The van der Waals surface area contributed by atoms with Gasteiger partial charge in [-0.05, 0) is 25.1 Å². The lowest BCUT2D eigenvalue weighted by molar-refractivity contribution is -0.150. The van der Waals surface area contributed by atoms with Gasteiger partial charge < -0.3 is 19.0 Å². The summed E-state index contributed by atoms with van der Waals surface area (Å²) in [6, 6.07) is 1.15. The van der Waals surface area contributed by atoms with E-state index in [4.69, 9.17) is 13.9 Å². The Balaban J connectivity index is 2.29. The van der Waals surface area contributed by atoms with Crippen molar-refractivity contribution in [3.05, 3.63) is 45.3 Å². The molecule has 9 nitrogen and oxygen atoms in total. The number of H-pyrrole nitrogens is 1. The Labute approximate surface area is 170 Å². The fourth-order valence-electron chi connectivity index (χ4n) is 2.67. The fraction of sp³-hybridized carbons (Fsp3) is 0.632. The normalized spacial score (nSPS) is 25.5. The maximum Gasteiger partial charge on any atom is 0.330 e. The number of rotatable bonds is 6. The first-order valence-electron chi connectivity index (χ1n) is 9.49. The average Bonchev–Trinajstić information content (AvgIpc) is 2.89. The number of esters is 1. The lowest BCUT2D eigenvalue weighted by Gasteiger charge is -2.37. The van der Waals surface area contributed by atoms with Gasteiger partial charge in [-0.2, -0.15) is 0 Å². The zero-order chi connectivity index (χ0) is 22.0. The monoisotopic (exact) mass is 426 g/mol. The lowest BCUT2D eigenvalue weighted by Crippen LogP contribution is -2.45. The molecule has 0 spiro atoms. The van der Waals surface area contributed by atoms with Crippen LogP contribution in [-0.4, -0.2) is 53.9 Å². The largest absolute Gasteiger partial charge is 0.453 e. The second kappa shape index (κ2) is 8.78. The van der Waals surface area contributed by atoms with Crippen LogP contribution in [0.4, 0.5) is 0 Å². The van der Waals surface area contributed by atoms with Crippen LogP contribution in [0.2, 0.25) is 18.1 Å². The molecule has 0 amide bonds. The van der Waals surface area contributed by atoms with E-state index in [0.29, 0.717) is 0 Å². The highest BCUT2D eigenvalue weighted by atomic mass is 28.4. The quantitative estimate of drug-likeness (QED) is 0.400. The Morgan fingerprint density at radius 2 is 2.03 bits per heavy atom. The van der Waals surface area contributed by atoms with Crippen LogP contribution in [0.15, 0.2) is 34.0 Å². The van der Waals surface area contributed by atoms with Crippen LogP contribution in [0.25, 0.3) is 0 Å². The summed E-state index contributed by atoms with van der Waals surface area (Å²) in [6.07, 6.45) is -0.272. The Morgan fingerprint density at radius 3 is 2.59 bits per heavy atom. The number of ether oxygens (including phenoxy) is 2. The molecule has 1 aromatic rings. The van der Waals surface area contributed by atoms with Gasteiger partial charge in [0, 0.05) is 18.3 Å². The van der Waals surface area contributed by atoms with E-state index in [-0.39, 0.29) is 11.6 Å². The molecular weight excluding hydrogens is 396 g/mol. The first-order chi connectivity index (χ1) is 13.4. The third-order valence-electron chi connectivity index (χ3n) is 5.40. The summed E-state index contributed by atoms with van der Waals surface area (Å²) in [7, 11) is -2.13. The van der Waals surface area contributed by atoms with Gasteiger partial charge in [0.25, 0.3) is 5.56 Å². The number of aromatic amines is 1. The maximum atomic E-state index is 12.1. The molecule has 0 aromatic carbocycles. The number of carbonyl (C=O) groups is 1. The molecule has 10 heteroatoms. The Bertz CT molecular complexity index is 868. The van der Waals surface area contributed by atoms with Crippen molar-refractivity contribution in [1.82, 2.24) is 9.55 Å². The Morgan fingerprint density at radius 1 is 1.38 bits per heavy atom. The minimum atomic E-state index is -2.13. The number of hydrogen-bond donors (Lipinski definition) is 2. The number of carbonyl (C=O) groups excluding carboxylic acids is 1. The zero-order valence-corrected chi connectivity index (χ0v) is 18.7. The lowest BCUT2D eigenvalue weighted by atomic mass is 10.1. The molecule has 2 heterocycles. The van der Waals surface area contributed by atoms with Crippen molar-refractivity contribution in [2.24, 2.45) is 0 Å². The minimum absolute atomic E-state index is 0.0450. The van der Waals surface area contributed by atoms with Crippen LogP contribution >= 0.6 is 0 Å². The minimum Gasteiger partial charge on any atom is -0.453 e. The van der Waals surface area contributed by atoms with Gasteiger partial charge in [0.1, 0.15) is 12.2 Å². The van der Waals surface area contributed by atoms with Crippen LogP contribution in [0.1, 0.15) is 33.9 Å². The molecule has 0 aliphatic carbocycles. The predicted octanol–water partition coefficient (Wildman–Crippen LogP) is 1.30. The van der Waals surface area contributed by atoms with Gasteiger partial charge >= 0.3 is 11.7 Å². The third-order valence-corrected chi connectivity index (χ3v) is 9.91. The molecule has 2 N–H and O–H groups in total. The molecule has 162 valence electrons. The molecule has 0 saturated carbocycles. The molecule has 1 aliphatic heterocycles. The molecule has 0 unspecified atom stereocenters. The van der Waals surface area contributed by atoms with Crippen molar-refractivity contribution in [3.8, 4) is 0 Å². The fourth-order valence-corrected chi connectivity index (χ4v) is 3.69. The van der Waals surface area contributed by atoms with Crippen LogP contribution in [0.5, 0.6) is 0 Å². The second-order valence-electron chi connectivity index (χ2n) is 8.55. The SMILES string of the molecule is C/C=C/C(=O)O[C@H]1[C@@H](O)[C@H](n2ccc(=O)[nH]c2=O)O[C@@H]1CO[Si](C)(C)C(C)(C)C. The Hall–Kier alpha value is -2.01. The molecule has 29 heavy (non-hydrogen) atoms. The molecule has 1 fully saturated rings. The van der Waals surface area contributed by atoms with Gasteiger partial charge in [-0.25, -0.2) is 9.59 Å². The van der Waals surface area contributed by atoms with E-state index < -0.39 is 50.1 Å². The highest BCUT2D eigenvalue weighted by Crippen LogP contribution is 2.38. The maximum absolute atomic E-state index is 12.1. The van der Waals surface area contributed by atoms with Crippen molar-refractivity contribution < 1.29 is 23.8 Å². The summed E-state index contributed by atoms with van der Waals surface area (Å²) in [5.74, 6) is -0.632. The van der Waals surface area contributed by atoms with Gasteiger partial charge in [-0.1, -0.05) is 26.8 Å². The second-order valence-corrected chi connectivity index (χ2v) is 13.4. The smallest absolute Gasteiger partial charge is 0.330 e. The van der Waals surface area contributed by atoms with Crippen molar-refractivity contribution in [2.45, 2.75) is 70.4 Å². The van der Waals surface area contributed by atoms with E-state index in [9.17, 15) is 19.5 Å². The molecule has 2 rings (SSSR count). The summed E-state index contributed by atoms with van der Waals surface area (Å²) in [5.41, 5.74) is -1.29. The highest BCUT2D eigenvalue weighted by molar-refractivity contribution is 6.74. The number of hydrogen-bond acceptors (Lipinski definition) is 7. The zero-order valence-electron chi connectivity index (χ0n) is 17.7. The topological polar surface area (TPSA) is 120 Å². The number of aliphatic hydroxyl groups is 1. The van der Waals surface area contributed by atoms with Gasteiger partial charge in [-0.15, -0.1) is 0 Å². The number of aromatic nitrogens is 2. The van der Waals surface area contributed by atoms with Gasteiger partial charge in [0.2, 0.25) is 0 Å². The predicted molar refractivity (Wildman–Crippen MR) is 109 cm³/mol. The summed E-state index contributed by atoms with van der Waals surface area (Å²) in [5, 5.41) is 10.7. The van der Waals surface area contributed by atoms with E-state index in [1.54, 1.807) is 6.92 Å². The van der Waals surface area contributed by atoms with Crippen LogP contribution in [0.3, 0.4) is 0 Å². The molecular formula is C19H30N2O7Si. The molecule has 0 bridgehead atoms. The summed E-state index contributed by atoms with van der Waals surface area (Å²) < 4.78 is 18.5. The molecule has 1 saturated heterocycles. The van der Waals surface area contributed by atoms with Crippen LogP contribution in [-0.2, 0) is 18.7 Å².